The van der Waals surface area contributed by atoms with Crippen LogP contribution in [0.1, 0.15) is 34.2 Å². The van der Waals surface area contributed by atoms with Gasteiger partial charge in [-0.25, -0.2) is 4.98 Å². The number of thiophene rings is 1. The molecule has 120 valence electrons. The van der Waals surface area contributed by atoms with Crippen LogP contribution in [0, 0.1) is 12.8 Å². The molecule has 0 unspecified atom stereocenters. The number of anilines is 1. The predicted octanol–water partition coefficient (Wildman–Crippen LogP) is 4.48. The minimum Gasteiger partial charge on any atom is -0.296 e. The Kier molecular flexibility index (Phi) is 4.84. The van der Waals surface area contributed by atoms with Crippen LogP contribution in [0.2, 0.25) is 0 Å². The van der Waals surface area contributed by atoms with E-state index < -0.39 is 0 Å². The van der Waals surface area contributed by atoms with Crippen LogP contribution in [0.25, 0.3) is 9.88 Å². The summed E-state index contributed by atoms with van der Waals surface area (Å²) in [6.07, 6.45) is 0.871. The van der Waals surface area contributed by atoms with Gasteiger partial charge in [-0.05, 0) is 24.3 Å². The molecule has 0 saturated carbocycles. The van der Waals surface area contributed by atoms with Gasteiger partial charge in [0.15, 0.2) is 0 Å². The minimum atomic E-state index is -0.171. The van der Waals surface area contributed by atoms with E-state index in [-0.39, 0.29) is 5.91 Å². The number of aryl methyl sites for hydroxylation is 1. The van der Waals surface area contributed by atoms with Gasteiger partial charge in [0, 0.05) is 6.42 Å². The van der Waals surface area contributed by atoms with Crippen LogP contribution in [-0.2, 0) is 6.42 Å². The molecular weight excluding hydrogens is 348 g/mol. The lowest BCUT2D eigenvalue weighted by atomic mass is 10.1. The third-order valence-corrected chi connectivity index (χ3v) is 6.06. The van der Waals surface area contributed by atoms with E-state index in [0.717, 1.165) is 27.0 Å². The first-order valence-electron chi connectivity index (χ1n) is 7.18. The fourth-order valence-electron chi connectivity index (χ4n) is 2.00. The van der Waals surface area contributed by atoms with Gasteiger partial charge in [-0.15, -0.1) is 32.9 Å². The maximum absolute atomic E-state index is 12.5. The summed E-state index contributed by atoms with van der Waals surface area (Å²) in [5.41, 5.74) is 0.739. The molecule has 0 fully saturated rings. The summed E-state index contributed by atoms with van der Waals surface area (Å²) < 4.78 is 0. The number of nitrogens with one attached hydrogen (secondary N) is 1. The van der Waals surface area contributed by atoms with Crippen molar-refractivity contribution >= 4 is 45.0 Å². The van der Waals surface area contributed by atoms with Crippen molar-refractivity contribution in [2.75, 3.05) is 5.32 Å². The van der Waals surface area contributed by atoms with E-state index in [1.165, 1.54) is 22.7 Å². The maximum Gasteiger partial charge on any atom is 0.269 e. The number of hydrogen-bond acceptors (Lipinski definition) is 7. The van der Waals surface area contributed by atoms with Crippen LogP contribution < -0.4 is 5.32 Å². The molecule has 0 aliphatic heterocycles. The Balaban J connectivity index is 1.74. The van der Waals surface area contributed by atoms with E-state index in [4.69, 9.17) is 0 Å². The molecule has 1 N–H and O–H groups in total. The minimum absolute atomic E-state index is 0.171. The molecule has 0 bridgehead atoms. The number of nitrogens with zero attached hydrogens (tertiary/aromatic N) is 3. The van der Waals surface area contributed by atoms with Gasteiger partial charge in [0.25, 0.3) is 5.91 Å². The van der Waals surface area contributed by atoms with Gasteiger partial charge in [0.2, 0.25) is 5.13 Å². The number of rotatable bonds is 5. The highest BCUT2D eigenvalue weighted by Crippen LogP contribution is 2.31. The SMILES string of the molecule is Cc1nc(-c2cccs2)sc1C(=O)Nc1nnc(CC(C)C)s1. The lowest BCUT2D eigenvalue weighted by Crippen LogP contribution is -2.11. The van der Waals surface area contributed by atoms with Crippen LogP contribution in [0.5, 0.6) is 0 Å². The van der Waals surface area contributed by atoms with Crippen molar-refractivity contribution in [3.63, 3.8) is 0 Å². The van der Waals surface area contributed by atoms with Crippen LogP contribution in [-0.4, -0.2) is 21.1 Å². The lowest BCUT2D eigenvalue weighted by Gasteiger charge is -1.99. The topological polar surface area (TPSA) is 67.8 Å². The standard InChI is InChI=1S/C15H16N4OS3/c1-8(2)7-11-18-19-15(22-11)17-13(20)12-9(3)16-14(23-12)10-5-4-6-21-10/h4-6,8H,7H2,1-3H3,(H,17,19,20). The molecule has 3 aromatic rings. The summed E-state index contributed by atoms with van der Waals surface area (Å²) >= 11 is 4.45. The predicted molar refractivity (Wildman–Crippen MR) is 96.6 cm³/mol. The Morgan fingerprint density at radius 2 is 2.13 bits per heavy atom. The number of hydrogen-bond donors (Lipinski definition) is 1. The van der Waals surface area contributed by atoms with E-state index in [2.05, 4.69) is 34.3 Å². The van der Waals surface area contributed by atoms with Crippen molar-refractivity contribution in [3.8, 4) is 9.88 Å². The van der Waals surface area contributed by atoms with Crippen molar-refractivity contribution in [2.24, 2.45) is 5.92 Å². The fraction of sp³-hybridized carbons (Fsp3) is 0.333. The van der Waals surface area contributed by atoms with Gasteiger partial charge in [0.05, 0.1) is 10.6 Å². The van der Waals surface area contributed by atoms with E-state index in [1.54, 1.807) is 11.3 Å². The number of thiazole rings is 1. The zero-order valence-corrected chi connectivity index (χ0v) is 15.4. The number of amides is 1. The van der Waals surface area contributed by atoms with Crippen molar-refractivity contribution in [2.45, 2.75) is 27.2 Å². The molecule has 0 aliphatic rings. The lowest BCUT2D eigenvalue weighted by molar-refractivity contribution is 0.102. The zero-order chi connectivity index (χ0) is 16.4. The second-order valence-corrected chi connectivity index (χ2v) is 8.47. The summed E-state index contributed by atoms with van der Waals surface area (Å²) in [4.78, 5) is 18.6. The number of carbonyl (C=O) groups excluding carboxylic acids is 1. The molecule has 0 aromatic carbocycles. The molecule has 3 rings (SSSR count). The van der Waals surface area contributed by atoms with E-state index >= 15 is 0 Å². The van der Waals surface area contributed by atoms with Crippen LogP contribution >= 0.6 is 34.0 Å². The molecule has 0 aliphatic carbocycles. The normalized spacial score (nSPS) is 11.1. The number of carbonyl (C=O) groups is 1. The van der Waals surface area contributed by atoms with E-state index in [9.17, 15) is 4.79 Å². The van der Waals surface area contributed by atoms with Gasteiger partial charge < -0.3 is 0 Å². The first kappa shape index (κ1) is 16.2. The maximum atomic E-state index is 12.5. The smallest absolute Gasteiger partial charge is 0.269 e. The van der Waals surface area contributed by atoms with Gasteiger partial charge >= 0.3 is 0 Å². The van der Waals surface area contributed by atoms with Crippen LogP contribution in [0.4, 0.5) is 5.13 Å². The van der Waals surface area contributed by atoms with E-state index in [1.807, 2.05) is 24.4 Å². The Labute approximate surface area is 146 Å². The summed E-state index contributed by atoms with van der Waals surface area (Å²) in [5, 5.41) is 15.3. The highest BCUT2D eigenvalue weighted by molar-refractivity contribution is 7.22. The summed E-state index contributed by atoms with van der Waals surface area (Å²) in [6.45, 7) is 6.12. The van der Waals surface area contributed by atoms with Gasteiger partial charge in [-0.3, -0.25) is 10.1 Å². The summed E-state index contributed by atoms with van der Waals surface area (Å²) in [5.74, 6) is 0.346. The van der Waals surface area contributed by atoms with Crippen LogP contribution in [0.15, 0.2) is 17.5 Å². The highest BCUT2D eigenvalue weighted by atomic mass is 32.1. The molecule has 0 spiro atoms. The van der Waals surface area contributed by atoms with Crippen molar-refractivity contribution in [3.05, 3.63) is 33.1 Å². The molecule has 1 amide bonds. The highest BCUT2D eigenvalue weighted by Gasteiger charge is 2.18. The molecule has 0 atom stereocenters. The monoisotopic (exact) mass is 364 g/mol. The molecule has 23 heavy (non-hydrogen) atoms. The fourth-order valence-corrected chi connectivity index (χ4v) is 4.71. The first-order valence-corrected chi connectivity index (χ1v) is 9.69. The average Bonchev–Trinajstić information content (AvgIpc) is 3.18. The second-order valence-electron chi connectivity index (χ2n) is 5.46. The Bertz CT molecular complexity index is 805. The van der Waals surface area contributed by atoms with E-state index in [0.29, 0.717) is 15.9 Å². The molecular formula is C15H16N4OS3. The summed E-state index contributed by atoms with van der Waals surface area (Å²) in [7, 11) is 0. The third-order valence-electron chi connectivity index (χ3n) is 3.00. The molecule has 3 heterocycles. The van der Waals surface area contributed by atoms with Crippen molar-refractivity contribution in [1.29, 1.82) is 0 Å². The largest absolute Gasteiger partial charge is 0.296 e. The quantitative estimate of drug-likeness (QED) is 0.724. The molecule has 0 radical (unpaired) electrons. The third kappa shape index (κ3) is 3.82. The Morgan fingerprint density at radius 1 is 1.30 bits per heavy atom. The molecule has 8 heteroatoms. The molecule has 3 aromatic heterocycles. The van der Waals surface area contributed by atoms with Crippen LogP contribution in [0.3, 0.4) is 0 Å². The van der Waals surface area contributed by atoms with Crippen molar-refractivity contribution < 1.29 is 4.79 Å². The van der Waals surface area contributed by atoms with Gasteiger partial charge in [0.1, 0.15) is 14.9 Å². The van der Waals surface area contributed by atoms with Gasteiger partial charge in [-0.1, -0.05) is 31.3 Å². The van der Waals surface area contributed by atoms with Crippen molar-refractivity contribution in [1.82, 2.24) is 15.2 Å². The first-order chi connectivity index (χ1) is 11.0. The molecule has 5 nitrogen and oxygen atoms in total. The Hall–Kier alpha value is -1.64. The zero-order valence-electron chi connectivity index (χ0n) is 13.0. The molecule has 0 saturated heterocycles. The Morgan fingerprint density at radius 3 is 2.83 bits per heavy atom. The number of aromatic nitrogens is 3. The average molecular weight is 365 g/mol. The second kappa shape index (κ2) is 6.86. The summed E-state index contributed by atoms with van der Waals surface area (Å²) in [6, 6.07) is 3.99. The van der Waals surface area contributed by atoms with Gasteiger partial charge in [-0.2, -0.15) is 0 Å².